The first-order valence-electron chi connectivity index (χ1n) is 22.9. The Kier molecular flexibility index (Phi) is 9.17. The van der Waals surface area contributed by atoms with Crippen LogP contribution in [0.15, 0.2) is 259 Å². The first-order chi connectivity index (χ1) is 33.2. The highest BCUT2D eigenvalue weighted by molar-refractivity contribution is 6.11. The summed E-state index contributed by atoms with van der Waals surface area (Å²) in [6, 6.07) is 91.8. The van der Waals surface area contributed by atoms with Gasteiger partial charge in [-0.2, -0.15) is 0 Å². The quantitative estimate of drug-likeness (QED) is 0.152. The van der Waals surface area contributed by atoms with Crippen LogP contribution in [-0.4, -0.2) is 4.57 Å². The van der Waals surface area contributed by atoms with Crippen LogP contribution in [-0.2, 0) is 0 Å². The minimum atomic E-state index is 0.903. The molecule has 0 atom stereocenters. The van der Waals surface area contributed by atoms with Gasteiger partial charge in [0, 0.05) is 49.7 Å². The second-order valence-corrected chi connectivity index (χ2v) is 17.3. The maximum absolute atomic E-state index is 6.50. The molecule has 0 aliphatic carbocycles. The molecule has 0 aliphatic heterocycles. The van der Waals surface area contributed by atoms with Crippen LogP contribution in [0.25, 0.3) is 105 Å². The molecule has 314 valence electrons. The molecule has 2 aromatic heterocycles. The standard InChI is InChI=1S/C64H42N2O/c1-2-15-48-42-51(41-34-43(48)14-1)65(50-39-35-46(36-40-50)52-16-3-4-18-54(52)58-22-13-23-59-57-21-8-12-27-63(57)67-64(58)59)49-37-32-45(33-38-49)44-28-30-47(31-29-44)53-17-5-9-24-60(53)66-61-25-10-6-19-55(61)56-20-7-11-26-62(56)66/h1-42H. The van der Waals surface area contributed by atoms with E-state index in [1.807, 2.05) is 12.1 Å². The zero-order chi connectivity index (χ0) is 44.3. The number of hydrogen-bond acceptors (Lipinski definition) is 2. The van der Waals surface area contributed by atoms with Gasteiger partial charge in [-0.1, -0.05) is 194 Å². The van der Waals surface area contributed by atoms with Crippen molar-refractivity contribution in [3.63, 3.8) is 0 Å². The van der Waals surface area contributed by atoms with Gasteiger partial charge in [0.15, 0.2) is 0 Å². The van der Waals surface area contributed by atoms with Crippen molar-refractivity contribution in [2.24, 2.45) is 0 Å². The topological polar surface area (TPSA) is 21.3 Å². The number of para-hydroxylation sites is 5. The van der Waals surface area contributed by atoms with Gasteiger partial charge in [0.05, 0.1) is 16.7 Å². The Morgan fingerprint density at radius 3 is 1.49 bits per heavy atom. The summed E-state index contributed by atoms with van der Waals surface area (Å²) in [6.07, 6.45) is 0. The summed E-state index contributed by atoms with van der Waals surface area (Å²) < 4.78 is 8.91. The third kappa shape index (κ3) is 6.59. The van der Waals surface area contributed by atoms with E-state index < -0.39 is 0 Å². The lowest BCUT2D eigenvalue weighted by Crippen LogP contribution is -2.09. The normalized spacial score (nSPS) is 11.6. The van der Waals surface area contributed by atoms with Crippen LogP contribution < -0.4 is 4.90 Å². The second kappa shape index (κ2) is 16.0. The van der Waals surface area contributed by atoms with Crippen molar-refractivity contribution in [3.05, 3.63) is 255 Å². The molecule has 0 spiro atoms. The van der Waals surface area contributed by atoms with Gasteiger partial charge in [-0.15, -0.1) is 0 Å². The minimum Gasteiger partial charge on any atom is -0.455 e. The van der Waals surface area contributed by atoms with Gasteiger partial charge in [-0.05, 0) is 105 Å². The zero-order valence-corrected chi connectivity index (χ0v) is 36.6. The van der Waals surface area contributed by atoms with Crippen molar-refractivity contribution in [2.75, 3.05) is 4.90 Å². The van der Waals surface area contributed by atoms with Crippen LogP contribution in [0.4, 0.5) is 17.1 Å². The highest BCUT2D eigenvalue weighted by atomic mass is 16.3. The molecule has 11 aromatic carbocycles. The number of fused-ring (bicyclic) bond motifs is 7. The summed E-state index contributed by atoms with van der Waals surface area (Å²) in [5, 5.41) is 7.20. The molecule has 2 heterocycles. The number of nitrogens with zero attached hydrogens (tertiary/aromatic N) is 2. The highest BCUT2D eigenvalue weighted by Crippen LogP contribution is 2.43. The molecule has 0 radical (unpaired) electrons. The van der Waals surface area contributed by atoms with Crippen molar-refractivity contribution >= 4 is 71.6 Å². The van der Waals surface area contributed by atoms with Crippen molar-refractivity contribution in [2.45, 2.75) is 0 Å². The molecule has 0 saturated heterocycles. The lowest BCUT2D eigenvalue weighted by molar-refractivity contribution is 0.670. The van der Waals surface area contributed by atoms with Crippen molar-refractivity contribution in [1.29, 1.82) is 0 Å². The first kappa shape index (κ1) is 38.5. The average molecular weight is 855 g/mol. The zero-order valence-electron chi connectivity index (χ0n) is 36.6. The van der Waals surface area contributed by atoms with E-state index in [0.29, 0.717) is 0 Å². The van der Waals surface area contributed by atoms with E-state index in [1.54, 1.807) is 0 Å². The van der Waals surface area contributed by atoms with Gasteiger partial charge < -0.3 is 13.9 Å². The van der Waals surface area contributed by atoms with Crippen molar-refractivity contribution < 1.29 is 4.42 Å². The van der Waals surface area contributed by atoms with Gasteiger partial charge in [0.1, 0.15) is 11.2 Å². The van der Waals surface area contributed by atoms with Crippen molar-refractivity contribution in [3.8, 4) is 50.2 Å². The highest BCUT2D eigenvalue weighted by Gasteiger charge is 2.19. The number of aromatic nitrogens is 1. The van der Waals surface area contributed by atoms with Crippen molar-refractivity contribution in [1.82, 2.24) is 4.57 Å². The predicted molar refractivity (Wildman–Crippen MR) is 282 cm³/mol. The Hall–Kier alpha value is -8.92. The maximum Gasteiger partial charge on any atom is 0.143 e. The molecule has 0 amide bonds. The van der Waals surface area contributed by atoms with Gasteiger partial charge in [0.25, 0.3) is 0 Å². The lowest BCUT2D eigenvalue weighted by atomic mass is 9.93. The van der Waals surface area contributed by atoms with E-state index >= 15 is 0 Å². The van der Waals surface area contributed by atoms with E-state index in [0.717, 1.165) is 66.8 Å². The molecule has 13 aromatic rings. The summed E-state index contributed by atoms with van der Waals surface area (Å²) >= 11 is 0. The summed E-state index contributed by atoms with van der Waals surface area (Å²) in [7, 11) is 0. The lowest BCUT2D eigenvalue weighted by Gasteiger charge is -2.26. The third-order valence-electron chi connectivity index (χ3n) is 13.4. The number of hydrogen-bond donors (Lipinski definition) is 0. The van der Waals surface area contributed by atoms with E-state index in [-0.39, 0.29) is 0 Å². The first-order valence-corrected chi connectivity index (χ1v) is 22.9. The number of rotatable bonds is 8. The largest absolute Gasteiger partial charge is 0.455 e. The van der Waals surface area contributed by atoms with Gasteiger partial charge >= 0.3 is 0 Å². The molecule has 0 aliphatic rings. The molecule has 3 heteroatoms. The molecule has 3 nitrogen and oxygen atoms in total. The molecular formula is C64H42N2O. The molecule has 0 N–H and O–H groups in total. The van der Waals surface area contributed by atoms with Gasteiger partial charge in [0.2, 0.25) is 0 Å². The van der Waals surface area contributed by atoms with E-state index in [2.05, 4.69) is 252 Å². The molecule has 0 fully saturated rings. The Labute approximate surface area is 388 Å². The van der Waals surface area contributed by atoms with Crippen LogP contribution >= 0.6 is 0 Å². The molecule has 13 rings (SSSR count). The molecular weight excluding hydrogens is 813 g/mol. The Morgan fingerprint density at radius 2 is 0.776 bits per heavy atom. The van der Waals surface area contributed by atoms with Crippen LogP contribution in [0.2, 0.25) is 0 Å². The summed E-state index contributed by atoms with van der Waals surface area (Å²) in [4.78, 5) is 2.36. The third-order valence-corrected chi connectivity index (χ3v) is 13.4. The monoisotopic (exact) mass is 854 g/mol. The molecule has 0 bridgehead atoms. The van der Waals surface area contributed by atoms with Gasteiger partial charge in [-0.25, -0.2) is 0 Å². The van der Waals surface area contributed by atoms with Crippen LogP contribution in [0.5, 0.6) is 0 Å². The number of furan rings is 1. The summed E-state index contributed by atoms with van der Waals surface area (Å²) in [6.45, 7) is 0. The fourth-order valence-electron chi connectivity index (χ4n) is 10.2. The predicted octanol–water partition coefficient (Wildman–Crippen LogP) is 18.0. The second-order valence-electron chi connectivity index (χ2n) is 17.3. The SMILES string of the molecule is c1ccc(-c2cccc3c2oc2ccccc23)c(-c2ccc(N(c3ccc(-c4ccc(-c5ccccc5-n5c6ccccc6c6ccccc65)cc4)cc3)c3ccc4ccccc4c3)cc2)c1. The molecule has 67 heavy (non-hydrogen) atoms. The van der Waals surface area contributed by atoms with Crippen LogP contribution in [0.3, 0.4) is 0 Å². The Bertz CT molecular complexity index is 3920. The minimum absolute atomic E-state index is 0.903. The van der Waals surface area contributed by atoms with Gasteiger partial charge in [-0.3, -0.25) is 0 Å². The van der Waals surface area contributed by atoms with Crippen LogP contribution in [0, 0.1) is 0 Å². The fraction of sp³-hybridized carbons (Fsp3) is 0. The average Bonchev–Trinajstić information content (AvgIpc) is 3.95. The summed E-state index contributed by atoms with van der Waals surface area (Å²) in [5.74, 6) is 0. The van der Waals surface area contributed by atoms with Crippen LogP contribution in [0.1, 0.15) is 0 Å². The molecule has 0 unspecified atom stereocenters. The van der Waals surface area contributed by atoms with E-state index in [1.165, 1.54) is 55.0 Å². The Balaban J connectivity index is 0.845. The number of anilines is 3. The number of benzene rings is 11. The summed E-state index contributed by atoms with van der Waals surface area (Å²) in [5.41, 5.74) is 17.9. The smallest absolute Gasteiger partial charge is 0.143 e. The fourth-order valence-corrected chi connectivity index (χ4v) is 10.2. The maximum atomic E-state index is 6.50. The Morgan fingerprint density at radius 1 is 0.299 bits per heavy atom. The van der Waals surface area contributed by atoms with E-state index in [9.17, 15) is 0 Å². The van der Waals surface area contributed by atoms with E-state index in [4.69, 9.17) is 4.42 Å². The molecule has 0 saturated carbocycles.